The SMILES string of the molecule is NC(N)=NCCC[C@H](NC(=O)C1(C(=O)NCc2ccccc2)CCCC1)O[B]O. The molecule has 1 fully saturated rings. The molecule has 2 amide bonds. The highest BCUT2D eigenvalue weighted by Crippen LogP contribution is 2.39. The number of amides is 2. The molecule has 0 saturated heterocycles. The third kappa shape index (κ3) is 6.76. The second kappa shape index (κ2) is 11.4. The minimum atomic E-state index is -1.13. The number of nitrogens with one attached hydrogen (secondary N) is 2. The van der Waals surface area contributed by atoms with Gasteiger partial charge in [-0.25, -0.2) is 0 Å². The molecule has 29 heavy (non-hydrogen) atoms. The van der Waals surface area contributed by atoms with Crippen molar-refractivity contribution in [1.82, 2.24) is 10.6 Å². The highest BCUT2D eigenvalue weighted by atomic mass is 16.5. The van der Waals surface area contributed by atoms with Crippen molar-refractivity contribution in [2.24, 2.45) is 21.9 Å². The van der Waals surface area contributed by atoms with E-state index in [9.17, 15) is 9.59 Å². The van der Waals surface area contributed by atoms with Gasteiger partial charge in [-0.3, -0.25) is 14.6 Å². The topological polar surface area (TPSA) is 152 Å². The Labute approximate surface area is 171 Å². The highest BCUT2D eigenvalue weighted by molar-refractivity contribution is 6.16. The van der Waals surface area contributed by atoms with Gasteiger partial charge in [-0.1, -0.05) is 43.2 Å². The first kappa shape index (κ1) is 22.7. The highest BCUT2D eigenvalue weighted by Gasteiger charge is 2.48. The van der Waals surface area contributed by atoms with Crippen molar-refractivity contribution >= 4 is 25.5 Å². The quantitative estimate of drug-likeness (QED) is 0.0871. The molecular formula is C19H29BN5O4. The lowest BCUT2D eigenvalue weighted by molar-refractivity contribution is -0.145. The fourth-order valence-electron chi connectivity index (χ4n) is 3.50. The molecule has 7 N–H and O–H groups in total. The average Bonchev–Trinajstić information content (AvgIpc) is 3.21. The number of carbonyl (C=O) groups excluding carboxylic acids is 2. The van der Waals surface area contributed by atoms with Gasteiger partial charge in [0.2, 0.25) is 11.8 Å². The fourth-order valence-corrected chi connectivity index (χ4v) is 3.50. The van der Waals surface area contributed by atoms with E-state index in [2.05, 4.69) is 15.6 Å². The Hall–Kier alpha value is -2.59. The van der Waals surface area contributed by atoms with Crippen LogP contribution in [0.5, 0.6) is 0 Å². The minimum absolute atomic E-state index is 0.0137. The molecule has 0 heterocycles. The lowest BCUT2D eigenvalue weighted by atomic mass is 9.83. The van der Waals surface area contributed by atoms with Gasteiger partial charge in [0.25, 0.3) is 0 Å². The minimum Gasteiger partial charge on any atom is -0.429 e. The van der Waals surface area contributed by atoms with Crippen LogP contribution in [-0.2, 0) is 20.8 Å². The zero-order valence-corrected chi connectivity index (χ0v) is 16.5. The van der Waals surface area contributed by atoms with Crippen molar-refractivity contribution < 1.29 is 19.3 Å². The Balaban J connectivity index is 1.98. The maximum absolute atomic E-state index is 13.0. The van der Waals surface area contributed by atoms with Crippen LogP contribution in [0.2, 0.25) is 0 Å². The molecule has 0 bridgehead atoms. The van der Waals surface area contributed by atoms with Gasteiger partial charge in [-0.2, -0.15) is 0 Å². The van der Waals surface area contributed by atoms with Crippen LogP contribution in [-0.4, -0.2) is 43.3 Å². The number of guanidine groups is 1. The van der Waals surface area contributed by atoms with Crippen molar-refractivity contribution in [2.75, 3.05) is 6.54 Å². The summed E-state index contributed by atoms with van der Waals surface area (Å²) >= 11 is 0. The molecule has 0 aliphatic heterocycles. The Morgan fingerprint density at radius 2 is 1.90 bits per heavy atom. The van der Waals surface area contributed by atoms with Crippen LogP contribution in [0.3, 0.4) is 0 Å². The van der Waals surface area contributed by atoms with Crippen LogP contribution in [0.25, 0.3) is 0 Å². The van der Waals surface area contributed by atoms with E-state index in [1.54, 1.807) is 0 Å². The van der Waals surface area contributed by atoms with Gasteiger partial charge in [0.05, 0.1) is 0 Å². The third-order valence-electron chi connectivity index (χ3n) is 5.06. The maximum atomic E-state index is 13.0. The molecule has 0 spiro atoms. The molecule has 2 rings (SSSR count). The Morgan fingerprint density at radius 3 is 2.52 bits per heavy atom. The molecule has 1 aliphatic rings. The summed E-state index contributed by atoms with van der Waals surface area (Å²) in [5, 5.41) is 14.6. The van der Waals surface area contributed by atoms with E-state index in [-0.39, 0.29) is 11.9 Å². The first-order valence-electron chi connectivity index (χ1n) is 9.78. The molecule has 10 heteroatoms. The maximum Gasteiger partial charge on any atom is 0.486 e. The first-order chi connectivity index (χ1) is 14.0. The van der Waals surface area contributed by atoms with Crippen molar-refractivity contribution in [3.63, 3.8) is 0 Å². The van der Waals surface area contributed by atoms with Crippen LogP contribution >= 0.6 is 0 Å². The largest absolute Gasteiger partial charge is 0.486 e. The number of aliphatic imine (C=N–C) groups is 1. The monoisotopic (exact) mass is 402 g/mol. The Bertz CT molecular complexity index is 691. The molecule has 0 aromatic heterocycles. The summed E-state index contributed by atoms with van der Waals surface area (Å²) in [6.45, 7) is 0.726. The summed E-state index contributed by atoms with van der Waals surface area (Å²) < 4.78 is 5.09. The van der Waals surface area contributed by atoms with Gasteiger partial charge < -0.3 is 31.8 Å². The molecular weight excluding hydrogens is 373 g/mol. The predicted octanol–water partition coefficient (Wildman–Crippen LogP) is -0.0978. The van der Waals surface area contributed by atoms with E-state index in [4.69, 9.17) is 21.1 Å². The van der Waals surface area contributed by atoms with Crippen LogP contribution in [0.15, 0.2) is 35.3 Å². The van der Waals surface area contributed by atoms with Crippen molar-refractivity contribution in [2.45, 2.75) is 51.3 Å². The van der Waals surface area contributed by atoms with Gasteiger partial charge in [-0.15, -0.1) is 0 Å². The number of hydrogen-bond donors (Lipinski definition) is 5. The van der Waals surface area contributed by atoms with Crippen LogP contribution in [0, 0.1) is 5.41 Å². The molecule has 0 unspecified atom stereocenters. The van der Waals surface area contributed by atoms with E-state index in [1.165, 1.54) is 0 Å². The molecule has 1 aromatic rings. The van der Waals surface area contributed by atoms with Crippen molar-refractivity contribution in [1.29, 1.82) is 0 Å². The standard InChI is InChI=1S/C19H29BN5O4/c21-18(22)23-12-6-9-15(29-20-28)25-17(27)19(10-4-5-11-19)16(26)24-13-14-7-2-1-3-8-14/h1-3,7-8,15,28H,4-6,9-13H2,(H,24,26)(H,25,27)(H4,21,22,23)/t15-/m1/s1. The van der Waals surface area contributed by atoms with Gasteiger partial charge >= 0.3 is 7.69 Å². The molecule has 1 aliphatic carbocycles. The van der Waals surface area contributed by atoms with Crippen LogP contribution < -0.4 is 22.1 Å². The first-order valence-corrected chi connectivity index (χ1v) is 9.78. The summed E-state index contributed by atoms with van der Waals surface area (Å²) in [4.78, 5) is 29.8. The van der Waals surface area contributed by atoms with E-state index < -0.39 is 17.6 Å². The second-order valence-corrected chi connectivity index (χ2v) is 7.11. The van der Waals surface area contributed by atoms with Gasteiger partial charge in [0.1, 0.15) is 11.6 Å². The van der Waals surface area contributed by atoms with E-state index in [0.29, 0.717) is 46.5 Å². The van der Waals surface area contributed by atoms with Gasteiger partial charge in [0.15, 0.2) is 5.96 Å². The number of hydrogen-bond acceptors (Lipinski definition) is 5. The lowest BCUT2D eigenvalue weighted by Gasteiger charge is -2.29. The van der Waals surface area contributed by atoms with E-state index >= 15 is 0 Å². The van der Waals surface area contributed by atoms with E-state index in [0.717, 1.165) is 18.4 Å². The summed E-state index contributed by atoms with van der Waals surface area (Å²) in [5.74, 6) is -0.696. The number of carbonyl (C=O) groups is 2. The molecule has 1 atom stereocenters. The average molecular weight is 402 g/mol. The zero-order chi connectivity index (χ0) is 21.1. The molecule has 157 valence electrons. The second-order valence-electron chi connectivity index (χ2n) is 7.11. The Morgan fingerprint density at radius 1 is 1.21 bits per heavy atom. The van der Waals surface area contributed by atoms with Gasteiger partial charge in [0, 0.05) is 13.1 Å². The number of nitrogens with zero attached hydrogens (tertiary/aromatic N) is 1. The summed E-state index contributed by atoms with van der Waals surface area (Å²) in [7, 11) is 0.530. The molecule has 1 aromatic carbocycles. The van der Waals surface area contributed by atoms with Crippen molar-refractivity contribution in [3.8, 4) is 0 Å². The predicted molar refractivity (Wildman–Crippen MR) is 110 cm³/mol. The van der Waals surface area contributed by atoms with Crippen molar-refractivity contribution in [3.05, 3.63) is 35.9 Å². The van der Waals surface area contributed by atoms with Crippen LogP contribution in [0.1, 0.15) is 44.1 Å². The molecule has 1 saturated carbocycles. The normalized spacial score (nSPS) is 15.9. The zero-order valence-electron chi connectivity index (χ0n) is 16.5. The summed E-state index contributed by atoms with van der Waals surface area (Å²) in [6.07, 6.45) is 2.68. The van der Waals surface area contributed by atoms with E-state index in [1.807, 2.05) is 30.3 Å². The van der Waals surface area contributed by atoms with Crippen LogP contribution in [0.4, 0.5) is 0 Å². The van der Waals surface area contributed by atoms with Gasteiger partial charge in [-0.05, 0) is 31.2 Å². The third-order valence-corrected chi connectivity index (χ3v) is 5.06. The number of benzene rings is 1. The molecule has 1 radical (unpaired) electrons. The molecule has 9 nitrogen and oxygen atoms in total. The smallest absolute Gasteiger partial charge is 0.429 e. The Kier molecular flexibility index (Phi) is 8.94. The number of rotatable bonds is 11. The summed E-state index contributed by atoms with van der Waals surface area (Å²) in [5.41, 5.74) is 10.4. The lowest BCUT2D eigenvalue weighted by Crippen LogP contribution is -2.52. The number of nitrogens with two attached hydrogens (primary N) is 2. The summed E-state index contributed by atoms with van der Waals surface area (Å²) in [6, 6.07) is 9.53. The fraction of sp³-hybridized carbons (Fsp3) is 0.526.